The number of halogens is 1. The Morgan fingerprint density at radius 2 is 1.70 bits per heavy atom. The molecule has 0 N–H and O–H groups in total. The summed E-state index contributed by atoms with van der Waals surface area (Å²) in [5, 5.41) is 0. The average molecular weight is 472 g/mol. The number of benzene rings is 3. The maximum absolute atomic E-state index is 13.6. The van der Waals surface area contributed by atoms with Crippen LogP contribution in [0.15, 0.2) is 77.7 Å². The molecule has 6 nitrogen and oxygen atoms in total. The normalized spacial score (nSPS) is 12.1. The van der Waals surface area contributed by atoms with Gasteiger partial charge in [0.05, 0.1) is 7.11 Å². The zero-order chi connectivity index (χ0) is 24.0. The SMILES string of the molecule is CC[C@@H](C)N(Cc1cccc(OS(=O)(=O)c2ccc(OC)cc2)c1)C(=O)c1cccc(F)c1. The molecule has 0 bridgehead atoms. The van der Waals surface area contributed by atoms with Crippen LogP contribution in [0.5, 0.6) is 11.5 Å². The molecule has 1 atom stereocenters. The van der Waals surface area contributed by atoms with Gasteiger partial charge in [0.25, 0.3) is 5.91 Å². The van der Waals surface area contributed by atoms with Crippen LogP contribution in [0.3, 0.4) is 0 Å². The van der Waals surface area contributed by atoms with Gasteiger partial charge in [-0.2, -0.15) is 8.42 Å². The molecule has 8 heteroatoms. The van der Waals surface area contributed by atoms with Gasteiger partial charge in [-0.25, -0.2) is 4.39 Å². The maximum Gasteiger partial charge on any atom is 0.339 e. The molecule has 3 aromatic rings. The Morgan fingerprint density at radius 1 is 1.00 bits per heavy atom. The van der Waals surface area contributed by atoms with Gasteiger partial charge < -0.3 is 13.8 Å². The maximum atomic E-state index is 13.6. The number of amides is 1. The summed E-state index contributed by atoms with van der Waals surface area (Å²) in [6, 6.07) is 17.9. The van der Waals surface area contributed by atoms with Crippen LogP contribution in [0.25, 0.3) is 0 Å². The molecule has 0 aliphatic carbocycles. The lowest BCUT2D eigenvalue weighted by Gasteiger charge is -2.29. The molecule has 0 unspecified atom stereocenters. The third kappa shape index (κ3) is 6.10. The predicted octanol–water partition coefficient (Wildman–Crippen LogP) is 5.04. The summed E-state index contributed by atoms with van der Waals surface area (Å²) in [7, 11) is -2.55. The molecule has 0 fully saturated rings. The minimum Gasteiger partial charge on any atom is -0.497 e. The highest BCUT2D eigenvalue weighted by Crippen LogP contribution is 2.23. The third-order valence-electron chi connectivity index (χ3n) is 5.26. The largest absolute Gasteiger partial charge is 0.497 e. The van der Waals surface area contributed by atoms with Gasteiger partial charge in [0.1, 0.15) is 22.2 Å². The predicted molar refractivity (Wildman–Crippen MR) is 123 cm³/mol. The van der Waals surface area contributed by atoms with Gasteiger partial charge in [-0.1, -0.05) is 25.1 Å². The average Bonchev–Trinajstić information content (AvgIpc) is 2.81. The van der Waals surface area contributed by atoms with Crippen molar-refractivity contribution >= 4 is 16.0 Å². The molecule has 3 aromatic carbocycles. The molecular weight excluding hydrogens is 445 g/mol. The first-order valence-electron chi connectivity index (χ1n) is 10.5. The first-order valence-corrected chi connectivity index (χ1v) is 11.9. The second-order valence-electron chi connectivity index (χ2n) is 7.56. The summed E-state index contributed by atoms with van der Waals surface area (Å²) in [6.45, 7) is 4.08. The molecule has 174 valence electrons. The molecule has 0 aliphatic rings. The van der Waals surface area contributed by atoms with Crippen LogP contribution < -0.4 is 8.92 Å². The van der Waals surface area contributed by atoms with Crippen molar-refractivity contribution in [3.63, 3.8) is 0 Å². The van der Waals surface area contributed by atoms with Crippen molar-refractivity contribution in [3.8, 4) is 11.5 Å². The van der Waals surface area contributed by atoms with Gasteiger partial charge in [-0.15, -0.1) is 0 Å². The van der Waals surface area contributed by atoms with Gasteiger partial charge in [0.15, 0.2) is 0 Å². The first-order chi connectivity index (χ1) is 15.7. The number of rotatable bonds is 9. The fourth-order valence-corrected chi connectivity index (χ4v) is 4.17. The molecular formula is C25H26FNO5S. The highest BCUT2D eigenvalue weighted by Gasteiger charge is 2.22. The molecule has 33 heavy (non-hydrogen) atoms. The Bertz CT molecular complexity index is 1210. The number of carbonyl (C=O) groups is 1. The van der Waals surface area contributed by atoms with E-state index in [9.17, 15) is 17.6 Å². The van der Waals surface area contributed by atoms with E-state index in [2.05, 4.69) is 0 Å². The third-order valence-corrected chi connectivity index (χ3v) is 6.52. The molecule has 0 radical (unpaired) electrons. The van der Waals surface area contributed by atoms with Crippen LogP contribution in [-0.2, 0) is 16.7 Å². The minimum atomic E-state index is -4.05. The molecule has 3 rings (SSSR count). The van der Waals surface area contributed by atoms with Crippen LogP contribution >= 0.6 is 0 Å². The summed E-state index contributed by atoms with van der Waals surface area (Å²) in [6.07, 6.45) is 0.698. The van der Waals surface area contributed by atoms with E-state index in [-0.39, 0.29) is 34.7 Å². The number of ether oxygens (including phenoxy) is 1. The smallest absolute Gasteiger partial charge is 0.339 e. The number of methoxy groups -OCH3 is 1. The summed E-state index contributed by atoms with van der Waals surface area (Å²) in [5.74, 6) is -0.125. The lowest BCUT2D eigenvalue weighted by molar-refractivity contribution is 0.0671. The van der Waals surface area contributed by atoms with E-state index in [0.29, 0.717) is 17.7 Å². The Labute approximate surface area is 193 Å². The highest BCUT2D eigenvalue weighted by atomic mass is 32.2. The quantitative estimate of drug-likeness (QED) is 0.409. The molecule has 0 aliphatic heterocycles. The van der Waals surface area contributed by atoms with E-state index in [4.69, 9.17) is 8.92 Å². The van der Waals surface area contributed by atoms with Crippen molar-refractivity contribution in [2.24, 2.45) is 0 Å². The first kappa shape index (κ1) is 24.3. The summed E-state index contributed by atoms with van der Waals surface area (Å²) in [4.78, 5) is 14.7. The van der Waals surface area contributed by atoms with Crippen LogP contribution in [0.1, 0.15) is 36.2 Å². The second kappa shape index (κ2) is 10.5. The van der Waals surface area contributed by atoms with Gasteiger partial charge in [-0.05, 0) is 73.5 Å². The molecule has 0 saturated heterocycles. The zero-order valence-electron chi connectivity index (χ0n) is 18.7. The molecule has 1 amide bonds. The van der Waals surface area contributed by atoms with Gasteiger partial charge in [0, 0.05) is 18.2 Å². The van der Waals surface area contributed by atoms with Crippen LogP contribution in [-0.4, -0.2) is 32.4 Å². The van der Waals surface area contributed by atoms with Gasteiger partial charge in [0.2, 0.25) is 0 Å². The Kier molecular flexibility index (Phi) is 7.71. The molecule has 0 spiro atoms. The lowest BCUT2D eigenvalue weighted by atomic mass is 10.1. The number of hydrogen-bond donors (Lipinski definition) is 0. The summed E-state index contributed by atoms with van der Waals surface area (Å²) >= 11 is 0. The fourth-order valence-electron chi connectivity index (χ4n) is 3.25. The summed E-state index contributed by atoms with van der Waals surface area (Å²) < 4.78 is 49.3. The summed E-state index contributed by atoms with van der Waals surface area (Å²) in [5.41, 5.74) is 0.937. The topological polar surface area (TPSA) is 72.9 Å². The van der Waals surface area contributed by atoms with E-state index >= 15 is 0 Å². The monoisotopic (exact) mass is 471 g/mol. The lowest BCUT2D eigenvalue weighted by Crippen LogP contribution is -2.37. The van der Waals surface area contributed by atoms with E-state index in [1.54, 1.807) is 29.2 Å². The molecule has 0 aromatic heterocycles. The van der Waals surface area contributed by atoms with Crippen molar-refractivity contribution in [3.05, 3.63) is 89.7 Å². The number of nitrogens with zero attached hydrogens (tertiary/aromatic N) is 1. The van der Waals surface area contributed by atoms with E-state index in [1.807, 2.05) is 13.8 Å². The zero-order valence-corrected chi connectivity index (χ0v) is 19.5. The van der Waals surface area contributed by atoms with E-state index < -0.39 is 15.9 Å². The van der Waals surface area contributed by atoms with Crippen LogP contribution in [0, 0.1) is 5.82 Å². The number of carbonyl (C=O) groups excluding carboxylic acids is 1. The number of hydrogen-bond acceptors (Lipinski definition) is 5. The standard InChI is InChI=1S/C25H26FNO5S/c1-4-18(2)27(25(28)20-8-6-9-21(26)16-20)17-19-7-5-10-23(15-19)32-33(29,30)24-13-11-22(31-3)12-14-24/h5-16,18H,4,17H2,1-3H3/t18-/m1/s1. The van der Waals surface area contributed by atoms with Crippen molar-refractivity contribution in [2.75, 3.05) is 7.11 Å². The van der Waals surface area contributed by atoms with Crippen molar-refractivity contribution in [1.82, 2.24) is 4.90 Å². The Morgan fingerprint density at radius 3 is 2.33 bits per heavy atom. The highest BCUT2D eigenvalue weighted by molar-refractivity contribution is 7.87. The van der Waals surface area contributed by atoms with E-state index in [0.717, 1.165) is 0 Å². The molecule has 0 saturated carbocycles. The van der Waals surface area contributed by atoms with Gasteiger partial charge >= 0.3 is 10.1 Å². The van der Waals surface area contributed by atoms with Crippen LogP contribution in [0.4, 0.5) is 4.39 Å². The van der Waals surface area contributed by atoms with E-state index in [1.165, 1.54) is 55.6 Å². The van der Waals surface area contributed by atoms with Crippen molar-refractivity contribution in [1.29, 1.82) is 0 Å². The minimum absolute atomic E-state index is 0.00350. The Balaban J connectivity index is 1.82. The van der Waals surface area contributed by atoms with Crippen LogP contribution in [0.2, 0.25) is 0 Å². The fraction of sp³-hybridized carbons (Fsp3) is 0.240. The van der Waals surface area contributed by atoms with Crippen molar-refractivity contribution < 1.29 is 26.5 Å². The second-order valence-corrected chi connectivity index (χ2v) is 9.11. The molecule has 0 heterocycles. The van der Waals surface area contributed by atoms with Crippen molar-refractivity contribution in [2.45, 2.75) is 37.8 Å². The Hall–Kier alpha value is -3.39. The van der Waals surface area contributed by atoms with Gasteiger partial charge in [-0.3, -0.25) is 4.79 Å².